The highest BCUT2D eigenvalue weighted by Crippen LogP contribution is 2.29. The van der Waals surface area contributed by atoms with Crippen molar-refractivity contribution in [2.45, 2.75) is 32.2 Å². The van der Waals surface area contributed by atoms with Crippen LogP contribution in [0.25, 0.3) is 22.0 Å². The van der Waals surface area contributed by atoms with Gasteiger partial charge in [-0.25, -0.2) is 9.98 Å². The van der Waals surface area contributed by atoms with Gasteiger partial charge in [-0.1, -0.05) is 72.8 Å². The lowest BCUT2D eigenvalue weighted by Crippen LogP contribution is -2.49. The van der Waals surface area contributed by atoms with E-state index in [1.807, 2.05) is 108 Å². The van der Waals surface area contributed by atoms with Crippen LogP contribution in [0.15, 0.2) is 131 Å². The lowest BCUT2D eigenvalue weighted by atomic mass is 10.0. The Bertz CT molecular complexity index is 1970. The number of hydrogen-bond acceptors (Lipinski definition) is 4. The fraction of sp³-hybridized carbons (Fsp3) is 0.179. The highest BCUT2D eigenvalue weighted by Gasteiger charge is 2.30. The van der Waals surface area contributed by atoms with Crippen LogP contribution in [-0.4, -0.2) is 53.5 Å². The quantitative estimate of drug-likeness (QED) is 0.0731. The Morgan fingerprint density at radius 3 is 2.38 bits per heavy atom. The standard InChI is InChI=1S/C39H39N7O2/c1-27(38(48)44-36-23-29(17-18-34(36)40)28-11-5-3-6-12-28)25-43-39(41-2)46(31-13-7-4-8-14-31)32-19-21-45(22-20-32)37(47)24-30-26-42-35-16-10-9-15-33(30)35/h3-18,23,25-26,32,42H,2,19-22,24,40H2,1H3,(H,44,48)/b27-25+,43-39?. The van der Waals surface area contributed by atoms with Crippen molar-refractivity contribution in [3.8, 4) is 11.1 Å². The van der Waals surface area contributed by atoms with Crippen LogP contribution in [0.5, 0.6) is 0 Å². The van der Waals surface area contributed by atoms with E-state index in [2.05, 4.69) is 31.9 Å². The van der Waals surface area contributed by atoms with Gasteiger partial charge in [0.1, 0.15) is 0 Å². The normalized spacial score (nSPS) is 14.1. The van der Waals surface area contributed by atoms with Gasteiger partial charge in [-0.3, -0.25) is 9.59 Å². The maximum atomic E-state index is 13.3. The first kappa shape index (κ1) is 32.0. The third-order valence-corrected chi connectivity index (χ3v) is 8.73. The number of nitrogens with zero attached hydrogens (tertiary/aromatic N) is 4. The maximum absolute atomic E-state index is 13.3. The molecule has 0 bridgehead atoms. The second-order valence-corrected chi connectivity index (χ2v) is 11.9. The molecule has 9 heteroatoms. The molecule has 0 unspecified atom stereocenters. The average molecular weight is 638 g/mol. The number of aromatic nitrogens is 1. The van der Waals surface area contributed by atoms with E-state index in [4.69, 9.17) is 5.73 Å². The van der Waals surface area contributed by atoms with Gasteiger partial charge in [0, 0.05) is 53.7 Å². The van der Waals surface area contributed by atoms with Gasteiger partial charge in [0.15, 0.2) is 0 Å². The molecule has 1 aliphatic heterocycles. The third-order valence-electron chi connectivity index (χ3n) is 8.73. The van der Waals surface area contributed by atoms with E-state index in [1.165, 1.54) is 6.20 Å². The Morgan fingerprint density at radius 2 is 1.65 bits per heavy atom. The van der Waals surface area contributed by atoms with Crippen molar-refractivity contribution < 1.29 is 9.59 Å². The minimum Gasteiger partial charge on any atom is -0.397 e. The SMILES string of the molecule is C=NC(=N/C=C(\C)C(=O)Nc1cc(-c2ccccc2)ccc1N)N(c1ccccc1)C1CCN(C(=O)Cc2c[nH]c3ccccc23)CC1. The first-order valence-corrected chi connectivity index (χ1v) is 16.1. The number of likely N-dealkylation sites (tertiary alicyclic amines) is 1. The molecule has 0 atom stereocenters. The number of nitrogen functional groups attached to an aromatic ring is 1. The molecule has 9 nitrogen and oxygen atoms in total. The molecule has 1 aromatic heterocycles. The monoisotopic (exact) mass is 637 g/mol. The molecule has 5 aromatic rings. The van der Waals surface area contributed by atoms with E-state index in [0.29, 0.717) is 42.4 Å². The second-order valence-electron chi connectivity index (χ2n) is 11.9. The van der Waals surface area contributed by atoms with E-state index < -0.39 is 0 Å². The molecule has 2 heterocycles. The van der Waals surface area contributed by atoms with Gasteiger partial charge < -0.3 is 25.8 Å². The fourth-order valence-corrected chi connectivity index (χ4v) is 6.09. The molecule has 1 saturated heterocycles. The Balaban J connectivity index is 1.16. The number of rotatable bonds is 8. The van der Waals surface area contributed by atoms with Crippen LogP contribution < -0.4 is 16.0 Å². The van der Waals surface area contributed by atoms with Crippen molar-refractivity contribution in [1.82, 2.24) is 9.88 Å². The van der Waals surface area contributed by atoms with Crippen molar-refractivity contribution >= 4 is 52.5 Å². The van der Waals surface area contributed by atoms with Gasteiger partial charge in [-0.15, -0.1) is 0 Å². The van der Waals surface area contributed by atoms with Gasteiger partial charge >= 0.3 is 0 Å². The number of aliphatic imine (C=N–C) groups is 2. The molecule has 0 saturated carbocycles. The zero-order valence-corrected chi connectivity index (χ0v) is 27.0. The number of nitrogens with two attached hydrogens (primary N) is 1. The van der Waals surface area contributed by atoms with Crippen LogP contribution in [0.1, 0.15) is 25.3 Å². The number of aromatic amines is 1. The molecular weight excluding hydrogens is 598 g/mol. The number of benzene rings is 4. The van der Waals surface area contributed by atoms with E-state index in [1.54, 1.807) is 13.0 Å². The topological polar surface area (TPSA) is 119 Å². The van der Waals surface area contributed by atoms with Crippen LogP contribution in [0, 0.1) is 0 Å². The minimum atomic E-state index is -0.327. The number of nitrogens with one attached hydrogen (secondary N) is 2. The summed E-state index contributed by atoms with van der Waals surface area (Å²) >= 11 is 0. The first-order chi connectivity index (χ1) is 23.4. The lowest BCUT2D eigenvalue weighted by Gasteiger charge is -2.39. The maximum Gasteiger partial charge on any atom is 0.252 e. The Morgan fingerprint density at radius 1 is 0.958 bits per heavy atom. The number of carbonyl (C=O) groups excluding carboxylic acids is 2. The summed E-state index contributed by atoms with van der Waals surface area (Å²) in [5.74, 6) is 0.162. The Labute approximate surface area is 280 Å². The van der Waals surface area contributed by atoms with Crippen molar-refractivity contribution in [1.29, 1.82) is 0 Å². The summed E-state index contributed by atoms with van der Waals surface area (Å²) in [6.07, 6.45) is 5.24. The van der Waals surface area contributed by atoms with Crippen molar-refractivity contribution in [2.75, 3.05) is 29.0 Å². The van der Waals surface area contributed by atoms with Crippen molar-refractivity contribution in [3.05, 3.63) is 127 Å². The van der Waals surface area contributed by atoms with Gasteiger partial charge in [0.2, 0.25) is 11.9 Å². The molecule has 242 valence electrons. The summed E-state index contributed by atoms with van der Waals surface area (Å²) in [6.45, 7) is 6.74. The van der Waals surface area contributed by atoms with Crippen LogP contribution in [0.2, 0.25) is 0 Å². The summed E-state index contributed by atoms with van der Waals surface area (Å²) in [5, 5.41) is 4.00. The van der Waals surface area contributed by atoms with Gasteiger partial charge in [0.05, 0.1) is 17.8 Å². The van der Waals surface area contributed by atoms with Crippen LogP contribution >= 0.6 is 0 Å². The molecule has 1 aliphatic rings. The van der Waals surface area contributed by atoms with Gasteiger partial charge in [-0.05, 0) is 73.5 Å². The first-order valence-electron chi connectivity index (χ1n) is 16.1. The Kier molecular flexibility index (Phi) is 9.76. The molecule has 1 fully saturated rings. The van der Waals surface area contributed by atoms with Crippen LogP contribution in [0.4, 0.5) is 17.1 Å². The number of para-hydroxylation sites is 2. The number of fused-ring (bicyclic) bond motifs is 1. The number of piperidine rings is 1. The van der Waals surface area contributed by atoms with Gasteiger partial charge in [-0.2, -0.15) is 0 Å². The molecule has 0 aliphatic carbocycles. The molecule has 4 aromatic carbocycles. The van der Waals surface area contributed by atoms with E-state index in [9.17, 15) is 9.59 Å². The largest absolute Gasteiger partial charge is 0.397 e. The third kappa shape index (κ3) is 7.20. The predicted molar refractivity (Wildman–Crippen MR) is 196 cm³/mol. The highest BCUT2D eigenvalue weighted by molar-refractivity contribution is 6.06. The zero-order chi connectivity index (χ0) is 33.5. The average Bonchev–Trinajstić information content (AvgIpc) is 3.54. The molecular formula is C39H39N7O2. The van der Waals surface area contributed by atoms with E-state index >= 15 is 0 Å². The zero-order valence-electron chi connectivity index (χ0n) is 27.0. The summed E-state index contributed by atoms with van der Waals surface area (Å²) in [6, 6.07) is 33.4. The number of H-pyrrole nitrogens is 1. The molecule has 0 spiro atoms. The highest BCUT2D eigenvalue weighted by atomic mass is 16.2. The van der Waals surface area contributed by atoms with Crippen LogP contribution in [-0.2, 0) is 16.0 Å². The molecule has 6 rings (SSSR count). The summed E-state index contributed by atoms with van der Waals surface area (Å²) < 4.78 is 0. The predicted octanol–water partition coefficient (Wildman–Crippen LogP) is 7.06. The summed E-state index contributed by atoms with van der Waals surface area (Å²) in [4.78, 5) is 42.8. The second kappa shape index (κ2) is 14.6. The van der Waals surface area contributed by atoms with E-state index in [0.717, 1.165) is 46.1 Å². The number of anilines is 3. The van der Waals surface area contributed by atoms with Crippen LogP contribution in [0.3, 0.4) is 0 Å². The Hall–Kier alpha value is -5.96. The van der Waals surface area contributed by atoms with Crippen molar-refractivity contribution in [2.24, 2.45) is 9.98 Å². The lowest BCUT2D eigenvalue weighted by molar-refractivity contribution is -0.131. The number of amides is 2. The molecule has 4 N–H and O–H groups in total. The number of hydrogen-bond donors (Lipinski definition) is 3. The number of carbonyl (C=O) groups is 2. The smallest absolute Gasteiger partial charge is 0.252 e. The molecule has 48 heavy (non-hydrogen) atoms. The van der Waals surface area contributed by atoms with Gasteiger partial charge in [0.25, 0.3) is 5.91 Å². The summed E-state index contributed by atoms with van der Waals surface area (Å²) in [5.41, 5.74) is 12.5. The van der Waals surface area contributed by atoms with Crippen molar-refractivity contribution in [3.63, 3.8) is 0 Å². The molecule has 0 radical (unpaired) electrons. The minimum absolute atomic E-state index is 0.0249. The summed E-state index contributed by atoms with van der Waals surface area (Å²) in [7, 11) is 0. The molecule has 2 amide bonds. The van der Waals surface area contributed by atoms with E-state index in [-0.39, 0.29) is 17.9 Å². The number of guanidine groups is 1. The fourth-order valence-electron chi connectivity index (χ4n) is 6.09.